The maximum Gasteiger partial charge on any atom is 0.251 e. The minimum Gasteiger partial charge on any atom is -0.356 e. The van der Waals surface area contributed by atoms with Gasteiger partial charge in [-0.25, -0.2) is 4.39 Å². The van der Waals surface area contributed by atoms with Crippen molar-refractivity contribution in [1.82, 2.24) is 10.2 Å². The lowest BCUT2D eigenvalue weighted by Gasteiger charge is -2.38. The number of morpholine rings is 1. The van der Waals surface area contributed by atoms with Gasteiger partial charge in [0, 0.05) is 17.5 Å². The highest BCUT2D eigenvalue weighted by Crippen LogP contribution is 2.30. The van der Waals surface area contributed by atoms with Gasteiger partial charge in [0.05, 0.1) is 12.6 Å². The zero-order valence-corrected chi connectivity index (χ0v) is 13.9. The molecule has 1 aromatic carbocycles. The van der Waals surface area contributed by atoms with Crippen LogP contribution in [0.5, 0.6) is 0 Å². The van der Waals surface area contributed by atoms with Crippen LogP contribution in [0.1, 0.15) is 16.5 Å². The minimum atomic E-state index is -0.954. The number of benzene rings is 1. The van der Waals surface area contributed by atoms with Crippen molar-refractivity contribution in [2.75, 3.05) is 13.7 Å². The molecule has 7 heteroatoms. The number of carbonyl (C=O) groups excluding carboxylic acids is 2. The van der Waals surface area contributed by atoms with Crippen molar-refractivity contribution in [2.24, 2.45) is 0 Å². The zero-order valence-electron chi connectivity index (χ0n) is 13.1. The Hall–Kier alpha value is -2.25. The van der Waals surface area contributed by atoms with Crippen molar-refractivity contribution in [3.05, 3.63) is 58.0 Å². The number of rotatable bonds is 4. The van der Waals surface area contributed by atoms with E-state index >= 15 is 0 Å². The van der Waals surface area contributed by atoms with Crippen molar-refractivity contribution < 1.29 is 18.7 Å². The lowest BCUT2D eigenvalue weighted by molar-refractivity contribution is -0.162. The molecule has 0 bridgehead atoms. The van der Waals surface area contributed by atoms with Crippen molar-refractivity contribution in [1.29, 1.82) is 0 Å². The van der Waals surface area contributed by atoms with Gasteiger partial charge < -0.3 is 15.0 Å². The van der Waals surface area contributed by atoms with Gasteiger partial charge in [-0.15, -0.1) is 11.3 Å². The highest BCUT2D eigenvalue weighted by atomic mass is 32.1. The molecule has 0 unspecified atom stereocenters. The Labute approximate surface area is 143 Å². The topological polar surface area (TPSA) is 58.6 Å². The number of amides is 2. The number of ether oxygens (including phenoxy) is 1. The SMILES string of the molecule is CN1C(=O)CO[C@@H](C(=O)NCc2cccs2)[C@H]1c1ccccc1F. The van der Waals surface area contributed by atoms with E-state index in [1.165, 1.54) is 22.3 Å². The van der Waals surface area contributed by atoms with Crippen molar-refractivity contribution in [2.45, 2.75) is 18.7 Å². The highest BCUT2D eigenvalue weighted by molar-refractivity contribution is 7.09. The van der Waals surface area contributed by atoms with Gasteiger partial charge in [-0.2, -0.15) is 0 Å². The van der Waals surface area contributed by atoms with Crippen LogP contribution in [-0.2, 0) is 20.9 Å². The Kier molecular flexibility index (Phi) is 4.92. The molecule has 2 aromatic rings. The fraction of sp³-hybridized carbons (Fsp3) is 0.294. The first-order valence-electron chi connectivity index (χ1n) is 7.49. The van der Waals surface area contributed by atoms with Gasteiger partial charge in [-0.3, -0.25) is 9.59 Å². The molecule has 5 nitrogen and oxygen atoms in total. The largest absolute Gasteiger partial charge is 0.356 e. The molecule has 1 saturated heterocycles. The minimum absolute atomic E-state index is 0.196. The summed E-state index contributed by atoms with van der Waals surface area (Å²) in [7, 11) is 1.56. The number of hydrogen-bond acceptors (Lipinski definition) is 4. The maximum absolute atomic E-state index is 14.2. The first-order chi connectivity index (χ1) is 11.6. The van der Waals surface area contributed by atoms with Gasteiger partial charge in [0.25, 0.3) is 5.91 Å². The second kappa shape index (κ2) is 7.11. The van der Waals surface area contributed by atoms with Crippen LogP contribution in [0.25, 0.3) is 0 Å². The van der Waals surface area contributed by atoms with E-state index in [4.69, 9.17) is 4.74 Å². The Morgan fingerprint density at radius 1 is 1.38 bits per heavy atom. The summed E-state index contributed by atoms with van der Waals surface area (Å²) < 4.78 is 19.6. The summed E-state index contributed by atoms with van der Waals surface area (Å²) in [6.07, 6.45) is -0.954. The van der Waals surface area contributed by atoms with Crippen LogP contribution in [0.15, 0.2) is 41.8 Å². The summed E-state index contributed by atoms with van der Waals surface area (Å²) in [5.41, 5.74) is 0.268. The molecule has 2 amide bonds. The van der Waals surface area contributed by atoms with Gasteiger partial charge in [0.15, 0.2) is 6.10 Å². The molecule has 0 spiro atoms. The molecule has 0 aliphatic carbocycles. The maximum atomic E-state index is 14.2. The first-order valence-corrected chi connectivity index (χ1v) is 8.37. The van der Waals surface area contributed by atoms with Crippen LogP contribution in [0.4, 0.5) is 4.39 Å². The Balaban J connectivity index is 1.82. The van der Waals surface area contributed by atoms with Gasteiger partial charge in [0.1, 0.15) is 12.4 Å². The highest BCUT2D eigenvalue weighted by Gasteiger charge is 2.41. The Morgan fingerprint density at radius 3 is 2.88 bits per heavy atom. The molecular weight excluding hydrogens is 331 g/mol. The number of nitrogens with one attached hydrogen (secondary N) is 1. The molecule has 1 aliphatic heterocycles. The summed E-state index contributed by atoms with van der Waals surface area (Å²) in [6, 6.07) is 9.13. The number of halogens is 1. The third kappa shape index (κ3) is 3.32. The molecule has 2 atom stereocenters. The molecular formula is C17H17FN2O3S. The van der Waals surface area contributed by atoms with E-state index in [-0.39, 0.29) is 24.0 Å². The van der Waals surface area contributed by atoms with Gasteiger partial charge in [-0.1, -0.05) is 24.3 Å². The van der Waals surface area contributed by atoms with E-state index in [1.807, 2.05) is 17.5 Å². The third-order valence-electron chi connectivity index (χ3n) is 3.98. The molecule has 0 radical (unpaired) electrons. The second-order valence-corrected chi connectivity index (χ2v) is 6.53. The predicted octanol–water partition coefficient (Wildman–Crippen LogP) is 2.10. The molecule has 1 aliphatic rings. The third-order valence-corrected chi connectivity index (χ3v) is 4.86. The molecule has 3 rings (SSSR count). The zero-order chi connectivity index (χ0) is 17.1. The number of thiophene rings is 1. The van der Waals surface area contributed by atoms with E-state index < -0.39 is 18.0 Å². The van der Waals surface area contributed by atoms with Crippen LogP contribution < -0.4 is 5.32 Å². The second-order valence-electron chi connectivity index (χ2n) is 5.50. The molecule has 0 saturated carbocycles. The predicted molar refractivity (Wildman–Crippen MR) is 87.8 cm³/mol. The van der Waals surface area contributed by atoms with Crippen molar-refractivity contribution in [3.8, 4) is 0 Å². The average Bonchev–Trinajstić information content (AvgIpc) is 3.09. The number of nitrogens with zero attached hydrogens (tertiary/aromatic N) is 1. The van der Waals surface area contributed by atoms with E-state index in [0.29, 0.717) is 6.54 Å². The summed E-state index contributed by atoms with van der Waals surface area (Å²) in [4.78, 5) is 26.9. The lowest BCUT2D eigenvalue weighted by Crippen LogP contribution is -2.53. The average molecular weight is 348 g/mol. The van der Waals surface area contributed by atoms with Gasteiger partial charge >= 0.3 is 0 Å². The molecule has 2 heterocycles. The molecule has 1 aromatic heterocycles. The van der Waals surface area contributed by atoms with Crippen molar-refractivity contribution >= 4 is 23.2 Å². The Morgan fingerprint density at radius 2 is 2.17 bits per heavy atom. The monoisotopic (exact) mass is 348 g/mol. The van der Waals surface area contributed by atoms with Crippen LogP contribution in [0, 0.1) is 5.82 Å². The molecule has 24 heavy (non-hydrogen) atoms. The summed E-state index contributed by atoms with van der Waals surface area (Å²) >= 11 is 1.53. The number of hydrogen-bond donors (Lipinski definition) is 1. The van der Waals surface area contributed by atoms with E-state index in [9.17, 15) is 14.0 Å². The van der Waals surface area contributed by atoms with Crippen LogP contribution in [0.3, 0.4) is 0 Å². The van der Waals surface area contributed by atoms with Crippen LogP contribution in [-0.4, -0.2) is 36.5 Å². The quantitative estimate of drug-likeness (QED) is 0.921. The summed E-state index contributed by atoms with van der Waals surface area (Å²) in [5.74, 6) is -1.12. The molecule has 1 N–H and O–H groups in total. The molecule has 126 valence electrons. The van der Waals surface area contributed by atoms with Crippen LogP contribution in [0.2, 0.25) is 0 Å². The van der Waals surface area contributed by atoms with Crippen molar-refractivity contribution in [3.63, 3.8) is 0 Å². The van der Waals surface area contributed by atoms with E-state index in [2.05, 4.69) is 5.32 Å². The first kappa shape index (κ1) is 16.6. The fourth-order valence-electron chi connectivity index (χ4n) is 2.71. The van der Waals surface area contributed by atoms with Gasteiger partial charge in [0.2, 0.25) is 5.91 Å². The van der Waals surface area contributed by atoms with E-state index in [0.717, 1.165) is 4.88 Å². The lowest BCUT2D eigenvalue weighted by atomic mass is 9.97. The summed E-state index contributed by atoms with van der Waals surface area (Å²) in [6.45, 7) is 0.177. The molecule has 1 fully saturated rings. The van der Waals surface area contributed by atoms with Gasteiger partial charge in [-0.05, 0) is 17.5 Å². The Bertz CT molecular complexity index is 735. The number of carbonyl (C=O) groups is 2. The fourth-order valence-corrected chi connectivity index (χ4v) is 3.35. The normalized spacial score (nSPS) is 20.9. The van der Waals surface area contributed by atoms with E-state index in [1.54, 1.807) is 25.2 Å². The standard InChI is InChI=1S/C17H17FN2O3S/c1-20-14(21)10-23-16(15(20)12-6-2-3-7-13(12)18)17(22)19-9-11-5-4-8-24-11/h2-8,15-16H,9-10H2,1H3,(H,19,22)/t15-,16-/m1/s1. The smallest absolute Gasteiger partial charge is 0.251 e. The summed E-state index contributed by atoms with van der Waals surface area (Å²) in [5, 5.41) is 4.72. The van der Waals surface area contributed by atoms with Crippen LogP contribution >= 0.6 is 11.3 Å². The number of likely N-dealkylation sites (N-methyl/N-ethyl adjacent to an activating group) is 1.